The van der Waals surface area contributed by atoms with Gasteiger partial charge in [-0.3, -0.25) is 0 Å². The van der Waals surface area contributed by atoms with Gasteiger partial charge in [0.05, 0.1) is 13.2 Å². The zero-order chi connectivity index (χ0) is 16.3. The molecule has 0 aromatic heterocycles. The lowest BCUT2D eigenvalue weighted by Crippen LogP contribution is -2.46. The fraction of sp³-hybridized carbons (Fsp3) is 0.600. The van der Waals surface area contributed by atoms with Gasteiger partial charge in [0.1, 0.15) is 24.4 Å². The molecule has 0 aliphatic heterocycles. The van der Waals surface area contributed by atoms with E-state index in [4.69, 9.17) is 40.9 Å². The Hall–Kier alpha value is -1.56. The molecular formula is C10H18O10. The third kappa shape index (κ3) is 10.4. The molecule has 8 N–H and O–H groups in total. The topological polar surface area (TPSA) is 196 Å². The largest absolute Gasteiger partial charge is 0.478 e. The van der Waals surface area contributed by atoms with Crippen LogP contribution in [0.15, 0.2) is 12.2 Å². The fourth-order valence-electron chi connectivity index (χ4n) is 0.814. The van der Waals surface area contributed by atoms with Crippen LogP contribution in [0.3, 0.4) is 0 Å². The van der Waals surface area contributed by atoms with Gasteiger partial charge in [-0.15, -0.1) is 0 Å². The van der Waals surface area contributed by atoms with E-state index in [-0.39, 0.29) is 0 Å². The number of rotatable bonds is 7. The van der Waals surface area contributed by atoms with Crippen molar-refractivity contribution >= 4 is 11.9 Å². The van der Waals surface area contributed by atoms with Crippen molar-refractivity contribution in [3.05, 3.63) is 12.2 Å². The standard InChI is InChI=1S/C6H14O6.C4H4O4/c7-1-3(9)5(11)6(12)4(10)2-8;5-3(6)1-2-4(7)8/h3-12H,1-2H2;1-2H,(H,5,6)(H,7,8)/b;2-1-. The number of aliphatic carboxylic acids is 2. The number of carbonyl (C=O) groups is 2. The van der Waals surface area contributed by atoms with Gasteiger partial charge in [-0.05, 0) is 0 Å². The quantitative estimate of drug-likeness (QED) is 0.215. The SMILES string of the molecule is O=C(O)/C=C\C(=O)O.OCC(O)C(O)C(O)C(O)CO. The van der Waals surface area contributed by atoms with E-state index in [9.17, 15) is 9.59 Å². The normalized spacial score (nSPS) is 16.7. The first-order valence-electron chi connectivity index (χ1n) is 5.25. The first-order valence-corrected chi connectivity index (χ1v) is 5.25. The highest BCUT2D eigenvalue weighted by Crippen LogP contribution is 2.03. The summed E-state index contributed by atoms with van der Waals surface area (Å²) in [4.78, 5) is 19.1. The van der Waals surface area contributed by atoms with Crippen LogP contribution in [0, 0.1) is 0 Å². The van der Waals surface area contributed by atoms with Crippen molar-refractivity contribution in [3.63, 3.8) is 0 Å². The van der Waals surface area contributed by atoms with Crippen molar-refractivity contribution in [1.29, 1.82) is 0 Å². The molecule has 0 fully saturated rings. The second-order valence-corrected chi connectivity index (χ2v) is 3.49. The predicted molar refractivity (Wildman–Crippen MR) is 62.6 cm³/mol. The lowest BCUT2D eigenvalue weighted by atomic mass is 10.0. The van der Waals surface area contributed by atoms with E-state index >= 15 is 0 Å². The van der Waals surface area contributed by atoms with Crippen molar-refractivity contribution in [2.75, 3.05) is 13.2 Å². The van der Waals surface area contributed by atoms with Gasteiger partial charge in [0.25, 0.3) is 0 Å². The van der Waals surface area contributed by atoms with E-state index in [0.717, 1.165) is 0 Å². The third-order valence-electron chi connectivity index (χ3n) is 1.88. The fourth-order valence-corrected chi connectivity index (χ4v) is 0.814. The molecule has 0 amide bonds. The first kappa shape index (κ1) is 20.8. The smallest absolute Gasteiger partial charge is 0.328 e. The van der Waals surface area contributed by atoms with Crippen LogP contribution in [0.4, 0.5) is 0 Å². The maximum absolute atomic E-state index is 9.55. The summed E-state index contributed by atoms with van der Waals surface area (Å²) in [6, 6.07) is 0. The van der Waals surface area contributed by atoms with E-state index in [1.807, 2.05) is 0 Å². The van der Waals surface area contributed by atoms with E-state index in [1.165, 1.54) is 0 Å². The van der Waals surface area contributed by atoms with Crippen LogP contribution >= 0.6 is 0 Å². The maximum atomic E-state index is 9.55. The summed E-state index contributed by atoms with van der Waals surface area (Å²) in [5, 5.41) is 67.8. The monoisotopic (exact) mass is 298 g/mol. The number of carboxylic acid groups (broad SMARTS) is 2. The summed E-state index contributed by atoms with van der Waals surface area (Å²) in [5.74, 6) is -2.51. The van der Waals surface area contributed by atoms with Crippen LogP contribution in [-0.2, 0) is 9.59 Å². The summed E-state index contributed by atoms with van der Waals surface area (Å²) in [5.41, 5.74) is 0. The maximum Gasteiger partial charge on any atom is 0.328 e. The zero-order valence-electron chi connectivity index (χ0n) is 10.3. The molecule has 0 heterocycles. The molecule has 0 aromatic rings. The molecule has 0 saturated heterocycles. The summed E-state index contributed by atoms with van der Waals surface area (Å²) >= 11 is 0. The zero-order valence-corrected chi connectivity index (χ0v) is 10.3. The highest BCUT2D eigenvalue weighted by atomic mass is 16.4. The average Bonchev–Trinajstić information content (AvgIpc) is 2.42. The molecule has 4 unspecified atom stereocenters. The Bertz CT molecular complexity index is 285. The van der Waals surface area contributed by atoms with Gasteiger partial charge >= 0.3 is 11.9 Å². The van der Waals surface area contributed by atoms with E-state index < -0.39 is 49.6 Å². The van der Waals surface area contributed by atoms with Crippen molar-refractivity contribution in [2.45, 2.75) is 24.4 Å². The van der Waals surface area contributed by atoms with E-state index in [2.05, 4.69) is 0 Å². The molecule has 0 bridgehead atoms. The summed E-state index contributed by atoms with van der Waals surface area (Å²) in [7, 11) is 0. The van der Waals surface area contributed by atoms with Crippen LogP contribution in [0.25, 0.3) is 0 Å². The molecular weight excluding hydrogens is 280 g/mol. The van der Waals surface area contributed by atoms with Crippen molar-refractivity contribution in [2.24, 2.45) is 0 Å². The molecule has 0 saturated carbocycles. The minimum absolute atomic E-state index is 0.558. The second kappa shape index (κ2) is 11.3. The molecule has 10 heteroatoms. The van der Waals surface area contributed by atoms with Crippen LogP contribution in [0.2, 0.25) is 0 Å². The molecule has 0 radical (unpaired) electrons. The van der Waals surface area contributed by atoms with Gasteiger partial charge in [0.2, 0.25) is 0 Å². The van der Waals surface area contributed by atoms with Gasteiger partial charge in [0.15, 0.2) is 0 Å². The molecule has 0 aromatic carbocycles. The summed E-state index contributed by atoms with van der Waals surface area (Å²) in [6.07, 6.45) is -5.28. The van der Waals surface area contributed by atoms with E-state index in [0.29, 0.717) is 12.2 Å². The summed E-state index contributed by atoms with van der Waals surface area (Å²) < 4.78 is 0. The van der Waals surface area contributed by atoms with E-state index in [1.54, 1.807) is 0 Å². The van der Waals surface area contributed by atoms with Crippen molar-refractivity contribution in [3.8, 4) is 0 Å². The number of aliphatic hydroxyl groups is 6. The highest BCUT2D eigenvalue weighted by molar-refractivity contribution is 5.89. The van der Waals surface area contributed by atoms with Crippen molar-refractivity contribution in [1.82, 2.24) is 0 Å². The first-order chi connectivity index (χ1) is 9.17. The second-order valence-electron chi connectivity index (χ2n) is 3.49. The number of hydrogen-bond donors (Lipinski definition) is 8. The Kier molecular flexibility index (Phi) is 11.7. The Morgan fingerprint density at radius 1 is 0.750 bits per heavy atom. The molecule has 0 rings (SSSR count). The van der Waals surface area contributed by atoms with Crippen LogP contribution in [0.5, 0.6) is 0 Å². The predicted octanol–water partition coefficient (Wildman–Crippen LogP) is -3.87. The molecule has 10 nitrogen and oxygen atoms in total. The summed E-state index contributed by atoms with van der Waals surface area (Å²) in [6.45, 7) is -1.45. The van der Waals surface area contributed by atoms with Gasteiger partial charge in [-0.25, -0.2) is 9.59 Å². The molecule has 0 aliphatic rings. The van der Waals surface area contributed by atoms with Crippen LogP contribution in [0.1, 0.15) is 0 Å². The number of hydrogen-bond acceptors (Lipinski definition) is 8. The number of carboxylic acids is 2. The van der Waals surface area contributed by atoms with Crippen LogP contribution in [-0.4, -0.2) is 90.4 Å². The lowest BCUT2D eigenvalue weighted by Gasteiger charge is -2.24. The van der Waals surface area contributed by atoms with Crippen molar-refractivity contribution < 1.29 is 50.4 Å². The molecule has 118 valence electrons. The average molecular weight is 298 g/mol. The highest BCUT2D eigenvalue weighted by Gasteiger charge is 2.29. The molecule has 0 aliphatic carbocycles. The van der Waals surface area contributed by atoms with Gasteiger partial charge < -0.3 is 40.9 Å². The van der Waals surface area contributed by atoms with Gasteiger partial charge in [-0.1, -0.05) is 0 Å². The Balaban J connectivity index is 0. The minimum Gasteiger partial charge on any atom is -0.478 e. The Morgan fingerprint density at radius 3 is 1.15 bits per heavy atom. The minimum atomic E-state index is -1.67. The molecule has 4 atom stereocenters. The van der Waals surface area contributed by atoms with Gasteiger partial charge in [-0.2, -0.15) is 0 Å². The number of aliphatic hydroxyl groups excluding tert-OH is 6. The van der Waals surface area contributed by atoms with Crippen LogP contribution < -0.4 is 0 Å². The molecule has 20 heavy (non-hydrogen) atoms. The Labute approximate surface area is 113 Å². The van der Waals surface area contributed by atoms with Gasteiger partial charge in [0, 0.05) is 12.2 Å². The Morgan fingerprint density at radius 2 is 1.00 bits per heavy atom. The third-order valence-corrected chi connectivity index (χ3v) is 1.88. The lowest BCUT2D eigenvalue weighted by molar-refractivity contribution is -0.134. The molecule has 0 spiro atoms.